The maximum absolute atomic E-state index is 13.0. The average Bonchev–Trinajstić information content (AvgIpc) is 3.32. The van der Waals surface area contributed by atoms with E-state index in [9.17, 15) is 9.90 Å². The first-order chi connectivity index (χ1) is 16.5. The Morgan fingerprint density at radius 2 is 2.00 bits per heavy atom. The molecule has 3 aromatic rings. The summed E-state index contributed by atoms with van der Waals surface area (Å²) in [4.78, 5) is 18.3. The van der Waals surface area contributed by atoms with Gasteiger partial charge in [-0.1, -0.05) is 46.1 Å². The highest BCUT2D eigenvalue weighted by molar-refractivity contribution is 5.79. The summed E-state index contributed by atoms with van der Waals surface area (Å²) < 4.78 is 2.04. The minimum atomic E-state index is -0.0693. The average molecular weight is 467 g/mol. The highest BCUT2D eigenvalue weighted by Crippen LogP contribution is 2.34. The first-order valence-electron chi connectivity index (χ1n) is 12.8. The van der Waals surface area contributed by atoms with Crippen LogP contribution in [0.5, 0.6) is 0 Å². The number of benzene rings is 1. The van der Waals surface area contributed by atoms with Crippen molar-refractivity contribution in [2.24, 2.45) is 5.92 Å². The number of H-pyrrole nitrogens is 1. The summed E-state index contributed by atoms with van der Waals surface area (Å²) in [6, 6.07) is 8.48. The molecule has 1 aromatic carbocycles. The number of aryl methyl sites for hydroxylation is 1. The predicted molar refractivity (Wildman–Crippen MR) is 134 cm³/mol. The molecule has 1 aliphatic rings. The van der Waals surface area contributed by atoms with E-state index in [0.717, 1.165) is 41.6 Å². The van der Waals surface area contributed by atoms with E-state index in [-0.39, 0.29) is 24.1 Å². The molecule has 0 amide bonds. The number of aliphatic hydroxyl groups is 1. The fourth-order valence-electron chi connectivity index (χ4n) is 5.31. The smallest absolute Gasteiger partial charge is 0.252 e. The van der Waals surface area contributed by atoms with Crippen LogP contribution < -0.4 is 5.56 Å². The minimum absolute atomic E-state index is 0.0550. The number of nitrogens with one attached hydrogen (secondary N) is 1. The molecule has 1 saturated carbocycles. The third-order valence-electron chi connectivity index (χ3n) is 7.10. The highest BCUT2D eigenvalue weighted by Gasteiger charge is 2.32. The molecule has 0 spiro atoms. The maximum Gasteiger partial charge on any atom is 0.252 e. The minimum Gasteiger partial charge on any atom is -0.396 e. The molecule has 8 heteroatoms. The zero-order chi connectivity index (χ0) is 24.1. The van der Waals surface area contributed by atoms with E-state index in [0.29, 0.717) is 25.6 Å². The van der Waals surface area contributed by atoms with E-state index in [1.54, 1.807) is 0 Å². The van der Waals surface area contributed by atoms with Crippen LogP contribution in [0, 0.1) is 5.92 Å². The van der Waals surface area contributed by atoms with Crippen LogP contribution in [0.3, 0.4) is 0 Å². The standard InChI is InChI=1S/C26H38N6O2/c1-4-19-11-12-23-20(15-19)16-21(26(34)27-23)17-31(13-8-14-33)24(18(2)3)25-28-29-30-32(25)22-9-6-5-7-10-22/h11-12,15-16,18,22,24,33H,4-10,13-14,17H2,1-3H3,(H,27,34). The van der Waals surface area contributed by atoms with E-state index >= 15 is 0 Å². The summed E-state index contributed by atoms with van der Waals surface area (Å²) in [6.45, 7) is 7.71. The number of nitrogens with zero attached hydrogens (tertiary/aromatic N) is 5. The van der Waals surface area contributed by atoms with Gasteiger partial charge in [-0.2, -0.15) is 0 Å². The summed E-state index contributed by atoms with van der Waals surface area (Å²) in [5, 5.41) is 23.6. The van der Waals surface area contributed by atoms with Gasteiger partial charge in [-0.05, 0) is 71.2 Å². The third kappa shape index (κ3) is 5.39. The number of pyridine rings is 1. The van der Waals surface area contributed by atoms with Crippen LogP contribution in [0.1, 0.15) is 88.3 Å². The molecule has 1 unspecified atom stereocenters. The van der Waals surface area contributed by atoms with Gasteiger partial charge in [-0.25, -0.2) is 4.68 Å². The number of hydrogen-bond donors (Lipinski definition) is 2. The van der Waals surface area contributed by atoms with E-state index in [1.165, 1.54) is 24.8 Å². The van der Waals surface area contributed by atoms with Crippen LogP contribution in [-0.4, -0.2) is 48.3 Å². The van der Waals surface area contributed by atoms with Crippen molar-refractivity contribution in [2.75, 3.05) is 13.2 Å². The lowest BCUT2D eigenvalue weighted by Gasteiger charge is -2.34. The molecule has 2 heterocycles. The van der Waals surface area contributed by atoms with Gasteiger partial charge < -0.3 is 10.1 Å². The number of aromatic amines is 1. The van der Waals surface area contributed by atoms with Crippen LogP contribution in [-0.2, 0) is 13.0 Å². The second-order valence-electron chi connectivity index (χ2n) is 9.91. The lowest BCUT2D eigenvalue weighted by Crippen LogP contribution is -2.37. The summed E-state index contributed by atoms with van der Waals surface area (Å²) in [5.41, 5.74) is 2.75. The topological polar surface area (TPSA) is 99.9 Å². The quantitative estimate of drug-likeness (QED) is 0.465. The molecule has 0 saturated heterocycles. The van der Waals surface area contributed by atoms with Gasteiger partial charge in [0.2, 0.25) is 0 Å². The molecule has 0 aliphatic heterocycles. The van der Waals surface area contributed by atoms with Crippen molar-refractivity contribution in [3.63, 3.8) is 0 Å². The molecule has 8 nitrogen and oxygen atoms in total. The molecule has 4 rings (SSSR count). The Balaban J connectivity index is 1.70. The number of aromatic nitrogens is 5. The summed E-state index contributed by atoms with van der Waals surface area (Å²) in [5.74, 6) is 1.10. The molecule has 0 bridgehead atoms. The van der Waals surface area contributed by atoms with Crippen molar-refractivity contribution in [3.8, 4) is 0 Å². The molecule has 1 aliphatic carbocycles. The normalized spacial score (nSPS) is 16.1. The molecule has 34 heavy (non-hydrogen) atoms. The monoisotopic (exact) mass is 466 g/mol. The SMILES string of the molecule is CCc1ccc2[nH]c(=O)c(CN(CCCO)C(c3nnnn3C3CCCCC3)C(C)C)cc2c1. The Hall–Kier alpha value is -2.58. The van der Waals surface area contributed by atoms with Crippen LogP contribution in [0.4, 0.5) is 0 Å². The van der Waals surface area contributed by atoms with Gasteiger partial charge in [-0.15, -0.1) is 5.10 Å². The molecule has 2 N–H and O–H groups in total. The zero-order valence-electron chi connectivity index (χ0n) is 20.7. The van der Waals surface area contributed by atoms with Crippen molar-refractivity contribution < 1.29 is 5.11 Å². The van der Waals surface area contributed by atoms with Crippen LogP contribution >= 0.6 is 0 Å². The highest BCUT2D eigenvalue weighted by atomic mass is 16.3. The zero-order valence-corrected chi connectivity index (χ0v) is 20.7. The molecular weight excluding hydrogens is 428 g/mol. The lowest BCUT2D eigenvalue weighted by molar-refractivity contribution is 0.118. The van der Waals surface area contributed by atoms with Crippen molar-refractivity contribution >= 4 is 10.9 Å². The molecule has 184 valence electrons. The summed E-state index contributed by atoms with van der Waals surface area (Å²) >= 11 is 0. The van der Waals surface area contributed by atoms with Gasteiger partial charge in [0.15, 0.2) is 5.82 Å². The van der Waals surface area contributed by atoms with Gasteiger partial charge in [0.1, 0.15) is 0 Å². The van der Waals surface area contributed by atoms with Gasteiger partial charge in [0.25, 0.3) is 5.56 Å². The Morgan fingerprint density at radius 3 is 2.71 bits per heavy atom. The molecule has 0 radical (unpaired) electrons. The lowest BCUT2D eigenvalue weighted by atomic mass is 9.94. The van der Waals surface area contributed by atoms with Crippen LogP contribution in [0.25, 0.3) is 10.9 Å². The van der Waals surface area contributed by atoms with E-state index in [4.69, 9.17) is 0 Å². The van der Waals surface area contributed by atoms with E-state index < -0.39 is 0 Å². The van der Waals surface area contributed by atoms with Crippen molar-refractivity contribution in [2.45, 2.75) is 84.3 Å². The first-order valence-corrected chi connectivity index (χ1v) is 12.8. The molecule has 1 fully saturated rings. The van der Waals surface area contributed by atoms with Gasteiger partial charge in [0, 0.05) is 30.8 Å². The molecular formula is C26H38N6O2. The fourth-order valence-corrected chi connectivity index (χ4v) is 5.31. The second kappa shape index (κ2) is 11.2. The number of tetrazole rings is 1. The fraction of sp³-hybridized carbons (Fsp3) is 0.615. The Labute approximate surface area is 201 Å². The summed E-state index contributed by atoms with van der Waals surface area (Å²) in [7, 11) is 0. The number of aliphatic hydroxyl groups excluding tert-OH is 1. The first kappa shape index (κ1) is 24.5. The maximum atomic E-state index is 13.0. The van der Waals surface area contributed by atoms with Gasteiger partial charge in [0.05, 0.1) is 12.1 Å². The van der Waals surface area contributed by atoms with Crippen LogP contribution in [0.2, 0.25) is 0 Å². The van der Waals surface area contributed by atoms with Crippen molar-refractivity contribution in [1.29, 1.82) is 0 Å². The second-order valence-corrected chi connectivity index (χ2v) is 9.91. The molecule has 2 aromatic heterocycles. The van der Waals surface area contributed by atoms with E-state index in [1.807, 2.05) is 16.8 Å². The number of rotatable bonds is 10. The predicted octanol–water partition coefficient (Wildman–Crippen LogP) is 4.16. The van der Waals surface area contributed by atoms with Crippen LogP contribution in [0.15, 0.2) is 29.1 Å². The number of hydrogen-bond acceptors (Lipinski definition) is 6. The third-order valence-corrected chi connectivity index (χ3v) is 7.10. The van der Waals surface area contributed by atoms with Crippen molar-refractivity contribution in [3.05, 3.63) is 51.6 Å². The van der Waals surface area contributed by atoms with E-state index in [2.05, 4.69) is 58.3 Å². The Kier molecular flexibility index (Phi) is 8.11. The Bertz CT molecular complexity index is 1130. The molecule has 1 atom stereocenters. The van der Waals surface area contributed by atoms with Gasteiger partial charge in [-0.3, -0.25) is 9.69 Å². The number of fused-ring (bicyclic) bond motifs is 1. The largest absolute Gasteiger partial charge is 0.396 e. The van der Waals surface area contributed by atoms with Gasteiger partial charge >= 0.3 is 0 Å². The van der Waals surface area contributed by atoms with Crippen molar-refractivity contribution in [1.82, 2.24) is 30.1 Å². The summed E-state index contributed by atoms with van der Waals surface area (Å²) in [6.07, 6.45) is 7.46. The Morgan fingerprint density at radius 1 is 1.21 bits per heavy atom.